The topological polar surface area (TPSA) is 46.8 Å². The minimum Gasteiger partial charge on any atom is -0.346 e. The fourth-order valence-electron chi connectivity index (χ4n) is 5.02. The lowest BCUT2D eigenvalue weighted by Crippen LogP contribution is -2.31. The normalized spacial score (nSPS) is 19.7. The average molecular weight is 347 g/mol. The molecule has 3 aromatic heterocycles. The van der Waals surface area contributed by atoms with E-state index in [9.17, 15) is 0 Å². The van der Waals surface area contributed by atoms with Crippen LogP contribution >= 0.6 is 0 Å². The van der Waals surface area contributed by atoms with Crippen molar-refractivity contribution in [2.45, 2.75) is 45.1 Å². The first kappa shape index (κ1) is 15.9. The monoisotopic (exact) mass is 347 g/mol. The second kappa shape index (κ2) is 6.16. The van der Waals surface area contributed by atoms with Crippen LogP contribution in [0, 0.1) is 6.92 Å². The molecule has 2 aliphatic rings. The van der Waals surface area contributed by atoms with Crippen molar-refractivity contribution in [3.63, 3.8) is 0 Å². The third kappa shape index (κ3) is 2.45. The van der Waals surface area contributed by atoms with E-state index in [4.69, 9.17) is 4.98 Å². The molecular formula is C21H25N5. The van der Waals surface area contributed by atoms with Crippen LogP contribution in [0.5, 0.6) is 0 Å². The maximum absolute atomic E-state index is 4.93. The van der Waals surface area contributed by atoms with Crippen LogP contribution in [0.15, 0.2) is 24.8 Å². The summed E-state index contributed by atoms with van der Waals surface area (Å²) in [6, 6.07) is 2.92. The van der Waals surface area contributed by atoms with E-state index in [1.165, 1.54) is 53.8 Å². The Hall–Kier alpha value is -2.27. The highest BCUT2D eigenvalue weighted by atomic mass is 15.2. The minimum absolute atomic E-state index is 0.611. The van der Waals surface area contributed by atoms with E-state index in [1.54, 1.807) is 11.9 Å². The van der Waals surface area contributed by atoms with Gasteiger partial charge in [-0.2, -0.15) is 0 Å². The van der Waals surface area contributed by atoms with Gasteiger partial charge in [-0.1, -0.05) is 0 Å². The largest absolute Gasteiger partial charge is 0.346 e. The molecule has 0 radical (unpaired) electrons. The Morgan fingerprint density at radius 3 is 2.85 bits per heavy atom. The second-order valence-electron chi connectivity index (χ2n) is 7.72. The van der Waals surface area contributed by atoms with Crippen LogP contribution in [0.25, 0.3) is 10.9 Å². The van der Waals surface area contributed by atoms with Crippen molar-refractivity contribution in [1.82, 2.24) is 24.4 Å². The second-order valence-corrected chi connectivity index (χ2v) is 7.72. The van der Waals surface area contributed by atoms with Crippen LogP contribution in [-0.4, -0.2) is 37.5 Å². The van der Waals surface area contributed by atoms with Crippen molar-refractivity contribution in [1.29, 1.82) is 0 Å². The number of pyridine rings is 1. The number of hydrogen-bond acceptors (Lipinski definition) is 4. The molecule has 2 aliphatic heterocycles. The minimum atomic E-state index is 0.611. The maximum atomic E-state index is 4.93. The van der Waals surface area contributed by atoms with Crippen LogP contribution in [-0.2, 0) is 26.3 Å². The Kier molecular flexibility index (Phi) is 3.78. The molecule has 0 bridgehead atoms. The number of rotatable bonds is 3. The van der Waals surface area contributed by atoms with Gasteiger partial charge in [-0.3, -0.25) is 9.88 Å². The standard InChI is InChI=1S/C21H25N5/c1-14-10-16-20-18(7-9-26-8-3-4-19(20)26)25(2)21(16)17(24-14)6-5-15-11-22-13-23-12-15/h10-13,19H,3-9H2,1-2H3. The fourth-order valence-corrected chi connectivity index (χ4v) is 5.02. The molecular weight excluding hydrogens is 322 g/mol. The van der Waals surface area contributed by atoms with Crippen molar-refractivity contribution < 1.29 is 0 Å². The highest BCUT2D eigenvalue weighted by molar-refractivity contribution is 5.88. The molecule has 5 heteroatoms. The summed E-state index contributed by atoms with van der Waals surface area (Å²) in [6.45, 7) is 4.58. The molecule has 0 aromatic carbocycles. The highest BCUT2D eigenvalue weighted by Gasteiger charge is 2.35. The van der Waals surface area contributed by atoms with Crippen molar-refractivity contribution in [3.05, 3.63) is 53.0 Å². The van der Waals surface area contributed by atoms with Gasteiger partial charge >= 0.3 is 0 Å². The van der Waals surface area contributed by atoms with Crippen molar-refractivity contribution >= 4 is 10.9 Å². The quantitative estimate of drug-likeness (QED) is 0.730. The SMILES string of the molecule is Cc1cc2c3c(n(C)c2c(CCc2cncnc2)n1)CCN1CCCC31. The van der Waals surface area contributed by atoms with Crippen LogP contribution in [0.2, 0.25) is 0 Å². The third-order valence-corrected chi connectivity index (χ3v) is 6.13. The Balaban J connectivity index is 1.61. The molecule has 3 aromatic rings. The van der Waals surface area contributed by atoms with Gasteiger partial charge in [0.05, 0.1) is 11.2 Å². The highest BCUT2D eigenvalue weighted by Crippen LogP contribution is 2.43. The summed E-state index contributed by atoms with van der Waals surface area (Å²) < 4.78 is 2.43. The third-order valence-electron chi connectivity index (χ3n) is 6.13. The summed E-state index contributed by atoms with van der Waals surface area (Å²) in [5.41, 5.74) is 7.96. The Bertz CT molecular complexity index is 960. The molecule has 0 saturated carbocycles. The van der Waals surface area contributed by atoms with E-state index in [-0.39, 0.29) is 0 Å². The summed E-state index contributed by atoms with van der Waals surface area (Å²) in [4.78, 5) is 15.9. The van der Waals surface area contributed by atoms with E-state index in [2.05, 4.69) is 39.5 Å². The van der Waals surface area contributed by atoms with E-state index in [1.807, 2.05) is 12.4 Å². The number of hydrogen-bond donors (Lipinski definition) is 0. The van der Waals surface area contributed by atoms with E-state index in [0.717, 1.165) is 25.0 Å². The molecule has 0 aliphatic carbocycles. The molecule has 0 N–H and O–H groups in total. The number of fused-ring (bicyclic) bond motifs is 5. The van der Waals surface area contributed by atoms with Crippen LogP contribution in [0.1, 0.15) is 47.1 Å². The predicted octanol–water partition coefficient (Wildman–Crippen LogP) is 3.15. The van der Waals surface area contributed by atoms with Crippen molar-refractivity contribution in [2.24, 2.45) is 7.05 Å². The lowest BCUT2D eigenvalue weighted by Gasteiger charge is -2.30. The van der Waals surface area contributed by atoms with Crippen LogP contribution < -0.4 is 0 Å². The average Bonchev–Trinajstić information content (AvgIpc) is 3.23. The van der Waals surface area contributed by atoms with Gasteiger partial charge in [-0.25, -0.2) is 9.97 Å². The summed E-state index contributed by atoms with van der Waals surface area (Å²) in [5, 5.41) is 1.44. The molecule has 0 amide bonds. The van der Waals surface area contributed by atoms with Crippen LogP contribution in [0.4, 0.5) is 0 Å². The molecule has 5 rings (SSSR count). The predicted molar refractivity (Wildman–Crippen MR) is 102 cm³/mol. The Morgan fingerprint density at radius 1 is 1.15 bits per heavy atom. The summed E-state index contributed by atoms with van der Waals surface area (Å²) in [6.07, 6.45) is 11.0. The smallest absolute Gasteiger partial charge is 0.115 e. The first-order valence-corrected chi connectivity index (χ1v) is 9.68. The van der Waals surface area contributed by atoms with Gasteiger partial charge in [0.15, 0.2) is 0 Å². The molecule has 5 heterocycles. The lowest BCUT2D eigenvalue weighted by atomic mass is 9.95. The fraction of sp³-hybridized carbons (Fsp3) is 0.476. The molecule has 1 saturated heterocycles. The maximum Gasteiger partial charge on any atom is 0.115 e. The number of aromatic nitrogens is 4. The van der Waals surface area contributed by atoms with E-state index < -0.39 is 0 Å². The molecule has 5 nitrogen and oxygen atoms in total. The molecule has 0 spiro atoms. The Morgan fingerprint density at radius 2 is 2.00 bits per heavy atom. The number of nitrogens with zero attached hydrogens (tertiary/aromatic N) is 5. The van der Waals surface area contributed by atoms with Crippen LogP contribution in [0.3, 0.4) is 0 Å². The lowest BCUT2D eigenvalue weighted by molar-refractivity contribution is 0.242. The molecule has 1 unspecified atom stereocenters. The van der Waals surface area contributed by atoms with Gasteiger partial charge in [0.25, 0.3) is 0 Å². The molecule has 1 atom stereocenters. The molecule has 26 heavy (non-hydrogen) atoms. The van der Waals surface area contributed by atoms with Crippen molar-refractivity contribution in [3.8, 4) is 0 Å². The van der Waals surface area contributed by atoms with E-state index in [0.29, 0.717) is 6.04 Å². The van der Waals surface area contributed by atoms with Gasteiger partial charge in [-0.05, 0) is 56.3 Å². The molecule has 134 valence electrons. The van der Waals surface area contributed by atoms with Gasteiger partial charge in [0.1, 0.15) is 6.33 Å². The zero-order valence-electron chi connectivity index (χ0n) is 15.6. The first-order chi connectivity index (χ1) is 12.7. The zero-order chi connectivity index (χ0) is 17.7. The van der Waals surface area contributed by atoms with Gasteiger partial charge < -0.3 is 4.57 Å². The summed E-state index contributed by atoms with van der Waals surface area (Å²) >= 11 is 0. The first-order valence-electron chi connectivity index (χ1n) is 9.68. The molecule has 1 fully saturated rings. The van der Waals surface area contributed by atoms with Gasteiger partial charge in [0.2, 0.25) is 0 Å². The zero-order valence-corrected chi connectivity index (χ0v) is 15.6. The summed E-state index contributed by atoms with van der Waals surface area (Å²) in [5.74, 6) is 0. The van der Waals surface area contributed by atoms with Gasteiger partial charge in [-0.15, -0.1) is 0 Å². The van der Waals surface area contributed by atoms with Crippen molar-refractivity contribution in [2.75, 3.05) is 13.1 Å². The number of aryl methyl sites for hydroxylation is 4. The van der Waals surface area contributed by atoms with Gasteiger partial charge in [0, 0.05) is 55.2 Å². The van der Waals surface area contributed by atoms with E-state index >= 15 is 0 Å². The summed E-state index contributed by atoms with van der Waals surface area (Å²) in [7, 11) is 2.23. The Labute approximate surface area is 154 Å².